The van der Waals surface area contributed by atoms with E-state index in [0.717, 1.165) is 17.4 Å². The highest BCUT2D eigenvalue weighted by Crippen LogP contribution is 2.30. The molecular weight excluding hydrogens is 261 g/mol. The number of hydrogen-bond donors (Lipinski definition) is 1. The van der Waals surface area contributed by atoms with E-state index in [2.05, 4.69) is 26.1 Å². The highest BCUT2D eigenvalue weighted by molar-refractivity contribution is 6.30. The Kier molecular flexibility index (Phi) is 4.86. The fraction of sp³-hybridized carbons (Fsp3) is 0.625. The van der Waals surface area contributed by atoms with Gasteiger partial charge in [-0.1, -0.05) is 31.5 Å². The lowest BCUT2D eigenvalue weighted by Gasteiger charge is -2.34. The summed E-state index contributed by atoms with van der Waals surface area (Å²) >= 11 is 5.72. The summed E-state index contributed by atoms with van der Waals surface area (Å²) in [5.74, 6) is 1.25. The standard InChI is InChI=1S/C16H23ClFN/c1-10-4-6-14(8-11(10)2)19-12(3)13-5-7-15(17)16(18)9-13/h5,7,9-12,14,19H,4,6,8H2,1-3H3. The van der Waals surface area contributed by atoms with E-state index in [1.165, 1.54) is 25.3 Å². The number of nitrogens with one attached hydrogen (secondary N) is 1. The molecule has 1 aromatic carbocycles. The van der Waals surface area contributed by atoms with Crippen molar-refractivity contribution in [3.8, 4) is 0 Å². The van der Waals surface area contributed by atoms with E-state index < -0.39 is 0 Å². The average Bonchev–Trinajstić information content (AvgIpc) is 2.37. The lowest BCUT2D eigenvalue weighted by atomic mass is 9.79. The van der Waals surface area contributed by atoms with Gasteiger partial charge in [-0.05, 0) is 55.7 Å². The van der Waals surface area contributed by atoms with Gasteiger partial charge in [-0.3, -0.25) is 0 Å². The zero-order valence-corrected chi connectivity index (χ0v) is 12.7. The Morgan fingerprint density at radius 1 is 1.26 bits per heavy atom. The maximum Gasteiger partial charge on any atom is 0.142 e. The molecule has 106 valence electrons. The SMILES string of the molecule is CC(NC1CCC(C)C(C)C1)c1ccc(Cl)c(F)c1. The van der Waals surface area contributed by atoms with Crippen LogP contribution in [-0.4, -0.2) is 6.04 Å². The van der Waals surface area contributed by atoms with E-state index >= 15 is 0 Å². The molecule has 0 amide bonds. The van der Waals surface area contributed by atoms with Gasteiger partial charge in [-0.25, -0.2) is 4.39 Å². The molecule has 1 aromatic rings. The van der Waals surface area contributed by atoms with Gasteiger partial charge in [-0.2, -0.15) is 0 Å². The minimum Gasteiger partial charge on any atom is -0.307 e. The van der Waals surface area contributed by atoms with Crippen LogP contribution in [0.4, 0.5) is 4.39 Å². The van der Waals surface area contributed by atoms with Gasteiger partial charge >= 0.3 is 0 Å². The third kappa shape index (κ3) is 3.70. The van der Waals surface area contributed by atoms with Crippen LogP contribution in [0.2, 0.25) is 5.02 Å². The first-order chi connectivity index (χ1) is 8.97. The van der Waals surface area contributed by atoms with Crippen molar-refractivity contribution in [1.82, 2.24) is 5.32 Å². The minimum absolute atomic E-state index is 0.164. The molecule has 2 rings (SSSR count). The third-order valence-electron chi connectivity index (χ3n) is 4.53. The molecule has 0 bridgehead atoms. The van der Waals surface area contributed by atoms with Crippen LogP contribution in [0.15, 0.2) is 18.2 Å². The monoisotopic (exact) mass is 283 g/mol. The summed E-state index contributed by atoms with van der Waals surface area (Å²) in [4.78, 5) is 0. The molecule has 19 heavy (non-hydrogen) atoms. The summed E-state index contributed by atoms with van der Waals surface area (Å²) in [5.41, 5.74) is 0.966. The Morgan fingerprint density at radius 2 is 2.00 bits per heavy atom. The molecule has 1 saturated carbocycles. The van der Waals surface area contributed by atoms with Gasteiger partial charge in [-0.15, -0.1) is 0 Å². The summed E-state index contributed by atoms with van der Waals surface area (Å²) in [7, 11) is 0. The molecule has 0 aliphatic heterocycles. The van der Waals surface area contributed by atoms with Crippen LogP contribution in [-0.2, 0) is 0 Å². The molecule has 0 saturated heterocycles. The fourth-order valence-electron chi connectivity index (χ4n) is 2.93. The van der Waals surface area contributed by atoms with E-state index in [0.29, 0.717) is 6.04 Å². The first-order valence-corrected chi connectivity index (χ1v) is 7.56. The topological polar surface area (TPSA) is 12.0 Å². The van der Waals surface area contributed by atoms with Crippen LogP contribution in [0, 0.1) is 17.7 Å². The molecule has 1 N–H and O–H groups in total. The molecule has 4 atom stereocenters. The number of rotatable bonds is 3. The second-order valence-corrected chi connectivity index (χ2v) is 6.43. The van der Waals surface area contributed by atoms with Crippen LogP contribution in [0.25, 0.3) is 0 Å². The van der Waals surface area contributed by atoms with Crippen LogP contribution in [0.1, 0.15) is 51.6 Å². The smallest absolute Gasteiger partial charge is 0.142 e. The second kappa shape index (κ2) is 6.23. The van der Waals surface area contributed by atoms with Crippen LogP contribution < -0.4 is 5.32 Å². The zero-order valence-electron chi connectivity index (χ0n) is 11.9. The number of halogens is 2. The lowest BCUT2D eigenvalue weighted by Crippen LogP contribution is -2.37. The van der Waals surface area contributed by atoms with Crippen LogP contribution in [0.3, 0.4) is 0 Å². The van der Waals surface area contributed by atoms with Gasteiger partial charge in [0.15, 0.2) is 0 Å². The molecule has 1 nitrogen and oxygen atoms in total. The van der Waals surface area contributed by atoms with Crippen molar-refractivity contribution in [1.29, 1.82) is 0 Å². The quantitative estimate of drug-likeness (QED) is 0.827. The number of hydrogen-bond acceptors (Lipinski definition) is 1. The predicted octanol–water partition coefficient (Wildman–Crippen LogP) is 4.95. The Morgan fingerprint density at radius 3 is 2.63 bits per heavy atom. The summed E-state index contributed by atoms with van der Waals surface area (Å²) in [6.07, 6.45) is 3.70. The Labute approximate surface area is 120 Å². The van der Waals surface area contributed by atoms with E-state index in [1.54, 1.807) is 6.07 Å². The largest absolute Gasteiger partial charge is 0.307 e. The zero-order chi connectivity index (χ0) is 14.0. The summed E-state index contributed by atoms with van der Waals surface area (Å²) in [6, 6.07) is 5.78. The van der Waals surface area contributed by atoms with Crippen molar-refractivity contribution in [3.63, 3.8) is 0 Å². The van der Waals surface area contributed by atoms with Gasteiger partial charge in [0.05, 0.1) is 5.02 Å². The van der Waals surface area contributed by atoms with Crippen molar-refractivity contribution in [2.75, 3.05) is 0 Å². The molecule has 0 radical (unpaired) electrons. The molecule has 3 heteroatoms. The molecule has 1 fully saturated rings. The minimum atomic E-state index is -0.335. The van der Waals surface area contributed by atoms with E-state index in [4.69, 9.17) is 11.6 Å². The van der Waals surface area contributed by atoms with E-state index in [1.807, 2.05) is 6.07 Å². The van der Waals surface area contributed by atoms with Crippen LogP contribution >= 0.6 is 11.6 Å². The Balaban J connectivity index is 1.97. The molecular formula is C16H23ClFN. The Bertz CT molecular complexity index is 435. The lowest BCUT2D eigenvalue weighted by molar-refractivity contribution is 0.217. The fourth-order valence-corrected chi connectivity index (χ4v) is 3.05. The van der Waals surface area contributed by atoms with Crippen molar-refractivity contribution in [3.05, 3.63) is 34.6 Å². The maximum atomic E-state index is 13.5. The van der Waals surface area contributed by atoms with Crippen molar-refractivity contribution in [2.24, 2.45) is 11.8 Å². The van der Waals surface area contributed by atoms with Crippen LogP contribution in [0.5, 0.6) is 0 Å². The molecule has 0 spiro atoms. The van der Waals surface area contributed by atoms with Gasteiger partial charge in [0.2, 0.25) is 0 Å². The van der Waals surface area contributed by atoms with E-state index in [-0.39, 0.29) is 16.9 Å². The Hall–Kier alpha value is -0.600. The molecule has 0 aromatic heterocycles. The highest BCUT2D eigenvalue weighted by atomic mass is 35.5. The molecule has 0 heterocycles. The van der Waals surface area contributed by atoms with Gasteiger partial charge < -0.3 is 5.32 Å². The highest BCUT2D eigenvalue weighted by Gasteiger charge is 2.25. The average molecular weight is 284 g/mol. The van der Waals surface area contributed by atoms with Crippen molar-refractivity contribution in [2.45, 2.75) is 52.1 Å². The maximum absolute atomic E-state index is 13.5. The molecule has 1 aliphatic carbocycles. The molecule has 4 unspecified atom stereocenters. The molecule has 1 aliphatic rings. The first kappa shape index (κ1) is 14.8. The number of benzene rings is 1. The summed E-state index contributed by atoms with van der Waals surface area (Å²) in [6.45, 7) is 6.75. The van der Waals surface area contributed by atoms with Crippen molar-refractivity contribution < 1.29 is 4.39 Å². The van der Waals surface area contributed by atoms with Gasteiger partial charge in [0.1, 0.15) is 5.82 Å². The van der Waals surface area contributed by atoms with Gasteiger partial charge in [0.25, 0.3) is 0 Å². The van der Waals surface area contributed by atoms with Crippen molar-refractivity contribution >= 4 is 11.6 Å². The second-order valence-electron chi connectivity index (χ2n) is 6.03. The third-order valence-corrected chi connectivity index (χ3v) is 4.83. The van der Waals surface area contributed by atoms with Gasteiger partial charge in [0, 0.05) is 12.1 Å². The predicted molar refractivity (Wildman–Crippen MR) is 78.9 cm³/mol. The summed E-state index contributed by atoms with van der Waals surface area (Å²) < 4.78 is 13.5. The first-order valence-electron chi connectivity index (χ1n) is 7.18. The summed E-state index contributed by atoms with van der Waals surface area (Å²) in [5, 5.41) is 3.81. The normalized spacial score (nSPS) is 29.2. The van der Waals surface area contributed by atoms with E-state index in [9.17, 15) is 4.39 Å².